The van der Waals surface area contributed by atoms with Crippen molar-refractivity contribution in [3.8, 4) is 0 Å². The van der Waals surface area contributed by atoms with Crippen LogP contribution in [0.4, 0.5) is 0 Å². The van der Waals surface area contributed by atoms with E-state index in [0.717, 1.165) is 23.1 Å². The molecule has 78 valence electrons. The van der Waals surface area contributed by atoms with Crippen LogP contribution in [0.2, 0.25) is 0 Å². The molecule has 0 radical (unpaired) electrons. The molecule has 0 fully saturated rings. The van der Waals surface area contributed by atoms with Gasteiger partial charge in [0, 0.05) is 0 Å². The first kappa shape index (κ1) is 11.4. The number of hydrogen-bond donors (Lipinski definition) is 0. The molecule has 1 rings (SSSR count). The first-order chi connectivity index (χ1) is 7.17. The molecule has 0 N–H and O–H groups in total. The summed E-state index contributed by atoms with van der Waals surface area (Å²) in [5.41, 5.74) is 3.05. The molecular formula is C13H14O2. The van der Waals surface area contributed by atoms with Crippen molar-refractivity contribution in [2.75, 3.05) is 0 Å². The van der Waals surface area contributed by atoms with E-state index in [0.29, 0.717) is 6.29 Å². The highest BCUT2D eigenvalue weighted by molar-refractivity contribution is 6.32. The van der Waals surface area contributed by atoms with Crippen LogP contribution in [0, 0.1) is 6.92 Å². The number of hydrogen-bond acceptors (Lipinski definition) is 2. The van der Waals surface area contributed by atoms with Crippen molar-refractivity contribution in [2.24, 2.45) is 0 Å². The lowest BCUT2D eigenvalue weighted by atomic mass is 10.0. The van der Waals surface area contributed by atoms with Crippen molar-refractivity contribution >= 4 is 17.6 Å². The molecule has 2 heteroatoms. The molecular weight excluding hydrogens is 188 g/mol. The van der Waals surface area contributed by atoms with Crippen LogP contribution < -0.4 is 0 Å². The molecule has 0 bridgehead atoms. The molecule has 0 heterocycles. The molecule has 0 saturated carbocycles. The predicted octanol–water partition coefficient (Wildman–Crippen LogP) is 2.56. The summed E-state index contributed by atoms with van der Waals surface area (Å²) in [4.78, 5) is 21.3. The van der Waals surface area contributed by atoms with Crippen molar-refractivity contribution in [3.63, 3.8) is 0 Å². The molecule has 15 heavy (non-hydrogen) atoms. The number of allylic oxidation sites excluding steroid dienone is 2. The Morgan fingerprint density at radius 1 is 1.40 bits per heavy atom. The third kappa shape index (κ3) is 3.17. The quantitative estimate of drug-likeness (QED) is 0.427. The smallest absolute Gasteiger partial charge is 0.218 e. The van der Waals surface area contributed by atoms with Crippen LogP contribution in [-0.2, 0) is 9.59 Å². The summed E-state index contributed by atoms with van der Waals surface area (Å²) in [5.74, 6) is -0.478. The minimum atomic E-state index is -0.478. The third-order valence-electron chi connectivity index (χ3n) is 2.20. The van der Waals surface area contributed by atoms with Gasteiger partial charge in [-0.05, 0) is 30.6 Å². The molecule has 0 saturated heterocycles. The van der Waals surface area contributed by atoms with Gasteiger partial charge in [0.1, 0.15) is 0 Å². The van der Waals surface area contributed by atoms with E-state index in [2.05, 4.69) is 0 Å². The molecule has 0 spiro atoms. The van der Waals surface area contributed by atoms with Crippen LogP contribution in [-0.4, -0.2) is 12.1 Å². The second-order valence-corrected chi connectivity index (χ2v) is 3.41. The van der Waals surface area contributed by atoms with E-state index < -0.39 is 5.78 Å². The molecule has 0 aliphatic heterocycles. The number of carbonyl (C=O) groups is 2. The number of benzene rings is 1. The zero-order chi connectivity index (χ0) is 11.3. The van der Waals surface area contributed by atoms with E-state index in [9.17, 15) is 9.59 Å². The summed E-state index contributed by atoms with van der Waals surface area (Å²) < 4.78 is 0. The lowest BCUT2D eigenvalue weighted by Gasteiger charge is -2.04. The second-order valence-electron chi connectivity index (χ2n) is 3.41. The lowest BCUT2D eigenvalue weighted by Crippen LogP contribution is -1.95. The molecule has 1 aromatic rings. The van der Waals surface area contributed by atoms with Crippen LogP contribution >= 0.6 is 0 Å². The Hall–Kier alpha value is -1.70. The van der Waals surface area contributed by atoms with Crippen molar-refractivity contribution in [3.05, 3.63) is 41.5 Å². The van der Waals surface area contributed by atoms with Crippen LogP contribution in [0.1, 0.15) is 24.5 Å². The van der Waals surface area contributed by atoms with Crippen molar-refractivity contribution in [1.29, 1.82) is 0 Å². The maximum Gasteiger partial charge on any atom is 0.218 e. The molecule has 0 aliphatic carbocycles. The minimum Gasteiger partial charge on any atom is -0.294 e. The van der Waals surface area contributed by atoms with Crippen LogP contribution in [0.15, 0.2) is 30.3 Å². The summed E-state index contributed by atoms with van der Waals surface area (Å²) >= 11 is 0. The first-order valence-electron chi connectivity index (χ1n) is 4.94. The summed E-state index contributed by atoms with van der Waals surface area (Å²) in [5, 5.41) is 0. The van der Waals surface area contributed by atoms with E-state index in [4.69, 9.17) is 0 Å². The first-order valence-corrected chi connectivity index (χ1v) is 4.94. The van der Waals surface area contributed by atoms with E-state index >= 15 is 0 Å². The van der Waals surface area contributed by atoms with E-state index in [-0.39, 0.29) is 0 Å². The summed E-state index contributed by atoms with van der Waals surface area (Å²) in [6.07, 6.45) is 2.48. The van der Waals surface area contributed by atoms with Gasteiger partial charge >= 0.3 is 0 Å². The predicted molar refractivity (Wildman–Crippen MR) is 60.5 cm³/mol. The standard InChI is InChI=1S/C13H14O2/c1-3-11(8-13(15)9-14)12-6-4-5-10(2)7-12/h4-9H,3H2,1-2H3. The SMILES string of the molecule is CCC(=CC(=O)C=O)c1cccc(C)c1. The Labute approximate surface area is 89.6 Å². The lowest BCUT2D eigenvalue weighted by molar-refractivity contribution is -0.126. The fourth-order valence-electron chi connectivity index (χ4n) is 1.44. The number of aldehydes is 1. The Kier molecular flexibility index (Phi) is 3.98. The Morgan fingerprint density at radius 2 is 2.13 bits per heavy atom. The highest BCUT2D eigenvalue weighted by atomic mass is 16.2. The largest absolute Gasteiger partial charge is 0.294 e. The van der Waals surface area contributed by atoms with Gasteiger partial charge in [-0.15, -0.1) is 0 Å². The van der Waals surface area contributed by atoms with Gasteiger partial charge in [0.15, 0.2) is 6.29 Å². The highest BCUT2D eigenvalue weighted by Crippen LogP contribution is 2.18. The van der Waals surface area contributed by atoms with Crippen LogP contribution in [0.5, 0.6) is 0 Å². The van der Waals surface area contributed by atoms with Gasteiger partial charge in [-0.2, -0.15) is 0 Å². The average molecular weight is 202 g/mol. The maximum atomic E-state index is 11.0. The monoisotopic (exact) mass is 202 g/mol. The van der Waals surface area contributed by atoms with Crippen molar-refractivity contribution in [1.82, 2.24) is 0 Å². The van der Waals surface area contributed by atoms with E-state index in [1.54, 1.807) is 0 Å². The minimum absolute atomic E-state index is 0.339. The van der Waals surface area contributed by atoms with Crippen molar-refractivity contribution < 1.29 is 9.59 Å². The van der Waals surface area contributed by atoms with Gasteiger partial charge in [0.2, 0.25) is 5.78 Å². The fraction of sp³-hybridized carbons (Fsp3) is 0.231. The van der Waals surface area contributed by atoms with Crippen LogP contribution in [0.25, 0.3) is 5.57 Å². The molecule has 2 nitrogen and oxygen atoms in total. The van der Waals surface area contributed by atoms with Gasteiger partial charge < -0.3 is 0 Å². The molecule has 0 aromatic heterocycles. The Morgan fingerprint density at radius 3 is 2.67 bits per heavy atom. The molecule has 0 atom stereocenters. The number of ketones is 1. The molecule has 0 aliphatic rings. The van der Waals surface area contributed by atoms with E-state index in [1.807, 2.05) is 38.1 Å². The van der Waals surface area contributed by atoms with Crippen molar-refractivity contribution in [2.45, 2.75) is 20.3 Å². The molecule has 0 amide bonds. The fourth-order valence-corrected chi connectivity index (χ4v) is 1.44. The summed E-state index contributed by atoms with van der Waals surface area (Å²) in [6.45, 7) is 3.96. The zero-order valence-corrected chi connectivity index (χ0v) is 8.99. The third-order valence-corrected chi connectivity index (χ3v) is 2.20. The average Bonchev–Trinajstić information content (AvgIpc) is 2.25. The number of carbonyl (C=O) groups excluding carboxylic acids is 2. The van der Waals surface area contributed by atoms with Gasteiger partial charge in [-0.1, -0.05) is 36.8 Å². The molecule has 0 unspecified atom stereocenters. The van der Waals surface area contributed by atoms with Gasteiger partial charge in [-0.25, -0.2) is 0 Å². The summed E-state index contributed by atoms with van der Waals surface area (Å²) in [7, 11) is 0. The maximum absolute atomic E-state index is 11.0. The van der Waals surface area contributed by atoms with E-state index in [1.165, 1.54) is 6.08 Å². The van der Waals surface area contributed by atoms with Gasteiger partial charge in [-0.3, -0.25) is 9.59 Å². The summed E-state index contributed by atoms with van der Waals surface area (Å²) in [6, 6.07) is 7.89. The normalized spacial score (nSPS) is 11.2. The van der Waals surface area contributed by atoms with Gasteiger partial charge in [0.05, 0.1) is 0 Å². The zero-order valence-electron chi connectivity index (χ0n) is 8.99. The Balaban J connectivity index is 3.07. The Bertz CT molecular complexity index is 403. The number of aryl methyl sites for hydroxylation is 1. The second kappa shape index (κ2) is 5.25. The topological polar surface area (TPSA) is 34.1 Å². The highest BCUT2D eigenvalue weighted by Gasteiger charge is 2.02. The van der Waals surface area contributed by atoms with Gasteiger partial charge in [0.25, 0.3) is 0 Å². The van der Waals surface area contributed by atoms with Crippen LogP contribution in [0.3, 0.4) is 0 Å². The molecule has 1 aromatic carbocycles. The number of rotatable bonds is 4.